The Kier molecular flexibility index (Phi) is 5.08. The number of rotatable bonds is 5. The number of hydrogen-bond donors (Lipinski definition) is 4. The lowest BCUT2D eigenvalue weighted by Gasteiger charge is -2.76. The summed E-state index contributed by atoms with van der Waals surface area (Å²) in [6.07, 6.45) is 0.547. The lowest BCUT2D eigenvalue weighted by molar-refractivity contribution is -0.511. The zero-order chi connectivity index (χ0) is 23.3. The first-order valence-electron chi connectivity index (χ1n) is 12.3. The van der Waals surface area contributed by atoms with Gasteiger partial charge in [0.25, 0.3) is 0 Å². The summed E-state index contributed by atoms with van der Waals surface area (Å²) in [5.41, 5.74) is -2.98. The van der Waals surface area contributed by atoms with Crippen molar-refractivity contribution in [3.05, 3.63) is 12.2 Å². The van der Waals surface area contributed by atoms with Crippen LogP contribution in [-0.4, -0.2) is 63.2 Å². The topological polar surface area (TPSA) is 116 Å². The smallest absolute Gasteiger partial charge is 0.211 e. The molecular weight excluding hydrogens is 412 g/mol. The highest BCUT2D eigenvalue weighted by molar-refractivity contribution is 6.05. The van der Waals surface area contributed by atoms with E-state index in [0.29, 0.717) is 32.3 Å². The van der Waals surface area contributed by atoms with Gasteiger partial charge < -0.3 is 29.9 Å². The molecule has 0 aromatic carbocycles. The number of fused-ring (bicyclic) bond motifs is 2. The third kappa shape index (κ3) is 2.31. The molecule has 2 spiro atoms. The SMILES string of the molecule is C=C1C(=O)C23[C@@H](CC[C@H]1[C@@H]2O)[C@@]12C(OCCCCC)O[C@@]3(O)[C@@H](O)[C@@H]1C(C)(C)CC[C@@H]2O. The Balaban J connectivity index is 1.71. The molecule has 180 valence electrons. The van der Waals surface area contributed by atoms with Crippen LogP contribution < -0.4 is 0 Å². The van der Waals surface area contributed by atoms with Gasteiger partial charge in [0, 0.05) is 18.4 Å². The summed E-state index contributed by atoms with van der Waals surface area (Å²) in [6, 6.07) is 0. The van der Waals surface area contributed by atoms with Gasteiger partial charge in [-0.15, -0.1) is 0 Å². The first-order chi connectivity index (χ1) is 15.0. The molecule has 0 amide bonds. The van der Waals surface area contributed by atoms with Crippen molar-refractivity contribution in [1.82, 2.24) is 0 Å². The number of ketones is 1. The maximum atomic E-state index is 13.7. The summed E-state index contributed by atoms with van der Waals surface area (Å²) < 4.78 is 12.4. The van der Waals surface area contributed by atoms with Crippen LogP contribution in [0, 0.1) is 34.0 Å². The van der Waals surface area contributed by atoms with Crippen molar-refractivity contribution in [3.8, 4) is 0 Å². The standard InChI is InChI=1S/C25H38O7/c1-5-6-7-12-31-21-23-15-9-8-14-13(2)18(27)24(15,19(14)28)25(30,32-21)20(29)17(23)22(3,4)11-10-16(23)26/h14-17,19-21,26,28-30H,2,5-12H2,1,3-4H3/t14-,15+,16+,17-,19+,20+,21?,23+,24?,25+/m1/s1. The van der Waals surface area contributed by atoms with E-state index in [4.69, 9.17) is 9.47 Å². The van der Waals surface area contributed by atoms with Crippen LogP contribution in [0.15, 0.2) is 12.2 Å². The summed E-state index contributed by atoms with van der Waals surface area (Å²) in [4.78, 5) is 13.7. The Hall–Kier alpha value is -0.830. The predicted molar refractivity (Wildman–Crippen MR) is 115 cm³/mol. The lowest BCUT2D eigenvalue weighted by Crippen LogP contribution is -2.88. The van der Waals surface area contributed by atoms with Gasteiger partial charge in [0.05, 0.1) is 17.6 Å². The van der Waals surface area contributed by atoms with Crippen LogP contribution in [0.25, 0.3) is 0 Å². The predicted octanol–water partition coefficient (Wildman–Crippen LogP) is 1.91. The normalized spacial score (nSPS) is 53.3. The minimum absolute atomic E-state index is 0.287. The Labute approximate surface area is 189 Å². The first-order valence-corrected chi connectivity index (χ1v) is 12.3. The molecule has 2 aliphatic heterocycles. The summed E-state index contributed by atoms with van der Waals surface area (Å²) in [5, 5.41) is 46.8. The molecule has 6 rings (SSSR count). The third-order valence-corrected chi connectivity index (χ3v) is 9.92. The highest BCUT2D eigenvalue weighted by Gasteiger charge is 2.89. The fraction of sp³-hybridized carbons (Fsp3) is 0.880. The minimum atomic E-state index is -2.30. The average molecular weight is 451 g/mol. The molecule has 32 heavy (non-hydrogen) atoms. The van der Waals surface area contributed by atoms with Crippen LogP contribution in [0.5, 0.6) is 0 Å². The maximum Gasteiger partial charge on any atom is 0.211 e. The highest BCUT2D eigenvalue weighted by atomic mass is 16.8. The molecule has 6 fully saturated rings. The van der Waals surface area contributed by atoms with E-state index < -0.39 is 70.2 Å². The second-order valence-electron chi connectivity index (χ2n) is 11.6. The van der Waals surface area contributed by atoms with E-state index in [0.717, 1.165) is 19.3 Å². The van der Waals surface area contributed by atoms with Crippen LogP contribution in [0.2, 0.25) is 0 Å². The van der Waals surface area contributed by atoms with Gasteiger partial charge in [-0.1, -0.05) is 40.2 Å². The fourth-order valence-corrected chi connectivity index (χ4v) is 8.66. The van der Waals surface area contributed by atoms with E-state index in [1.807, 2.05) is 13.8 Å². The van der Waals surface area contributed by atoms with Crippen molar-refractivity contribution < 1.29 is 34.7 Å². The Morgan fingerprint density at radius 3 is 2.53 bits per heavy atom. The van der Waals surface area contributed by atoms with Gasteiger partial charge in [-0.2, -0.15) is 0 Å². The molecule has 10 atom stereocenters. The van der Waals surface area contributed by atoms with Gasteiger partial charge in [-0.25, -0.2) is 0 Å². The number of carbonyl (C=O) groups is 1. The van der Waals surface area contributed by atoms with Gasteiger partial charge in [-0.05, 0) is 49.0 Å². The summed E-state index contributed by atoms with van der Waals surface area (Å²) in [7, 11) is 0. The fourth-order valence-electron chi connectivity index (χ4n) is 8.66. The van der Waals surface area contributed by atoms with E-state index in [1.54, 1.807) is 0 Å². The first kappa shape index (κ1) is 22.9. The minimum Gasteiger partial charge on any atom is -0.392 e. The Morgan fingerprint density at radius 1 is 1.12 bits per heavy atom. The van der Waals surface area contributed by atoms with E-state index in [2.05, 4.69) is 13.5 Å². The second-order valence-corrected chi connectivity index (χ2v) is 11.6. The molecule has 2 heterocycles. The van der Waals surface area contributed by atoms with Gasteiger partial charge in [-0.3, -0.25) is 4.79 Å². The molecule has 4 saturated carbocycles. The van der Waals surface area contributed by atoms with Gasteiger partial charge in [0.1, 0.15) is 11.5 Å². The van der Waals surface area contributed by atoms with Crippen LogP contribution >= 0.6 is 0 Å². The average Bonchev–Trinajstić information content (AvgIpc) is 2.84. The molecule has 0 aromatic rings. The van der Waals surface area contributed by atoms with Crippen molar-refractivity contribution in [3.63, 3.8) is 0 Å². The maximum absolute atomic E-state index is 13.7. The Morgan fingerprint density at radius 2 is 1.84 bits per heavy atom. The summed E-state index contributed by atoms with van der Waals surface area (Å²) in [6.45, 7) is 10.5. The molecule has 7 nitrogen and oxygen atoms in total. The van der Waals surface area contributed by atoms with E-state index in [9.17, 15) is 25.2 Å². The van der Waals surface area contributed by atoms with E-state index >= 15 is 0 Å². The zero-order valence-electron chi connectivity index (χ0n) is 19.4. The molecule has 2 saturated heterocycles. The molecule has 4 aliphatic carbocycles. The van der Waals surface area contributed by atoms with Crippen molar-refractivity contribution in [2.45, 2.75) is 96.1 Å². The van der Waals surface area contributed by atoms with Crippen LogP contribution in [0.4, 0.5) is 0 Å². The van der Waals surface area contributed by atoms with Crippen molar-refractivity contribution in [2.75, 3.05) is 6.61 Å². The van der Waals surface area contributed by atoms with Crippen molar-refractivity contribution >= 4 is 5.78 Å². The Bertz CT molecular complexity index is 825. The zero-order valence-corrected chi connectivity index (χ0v) is 19.4. The molecule has 6 aliphatic rings. The lowest BCUT2D eigenvalue weighted by atomic mass is 9.35. The third-order valence-electron chi connectivity index (χ3n) is 9.92. The molecule has 4 bridgehead atoms. The number of ether oxygens (including phenoxy) is 2. The number of carbonyl (C=O) groups excluding carboxylic acids is 1. The second kappa shape index (κ2) is 7.09. The van der Waals surface area contributed by atoms with Crippen LogP contribution in [0.3, 0.4) is 0 Å². The molecule has 4 N–H and O–H groups in total. The van der Waals surface area contributed by atoms with Crippen LogP contribution in [-0.2, 0) is 14.3 Å². The number of hydrogen-bond acceptors (Lipinski definition) is 7. The highest BCUT2D eigenvalue weighted by Crippen LogP contribution is 2.78. The largest absolute Gasteiger partial charge is 0.392 e. The molecular formula is C25H38O7. The number of unbranched alkanes of at least 4 members (excludes halogenated alkanes) is 2. The number of aliphatic hydroxyl groups is 4. The monoisotopic (exact) mass is 450 g/mol. The van der Waals surface area contributed by atoms with Crippen molar-refractivity contribution in [1.29, 1.82) is 0 Å². The van der Waals surface area contributed by atoms with Gasteiger partial charge in [0.2, 0.25) is 5.79 Å². The number of aliphatic hydroxyl groups excluding tert-OH is 3. The van der Waals surface area contributed by atoms with Crippen molar-refractivity contribution in [2.24, 2.45) is 34.0 Å². The van der Waals surface area contributed by atoms with E-state index in [-0.39, 0.29) is 5.57 Å². The van der Waals surface area contributed by atoms with Crippen LogP contribution in [0.1, 0.15) is 65.7 Å². The molecule has 0 radical (unpaired) electrons. The van der Waals surface area contributed by atoms with Gasteiger partial charge in [0.15, 0.2) is 12.1 Å². The molecule has 2 unspecified atom stereocenters. The summed E-state index contributed by atoms with van der Waals surface area (Å²) >= 11 is 0. The quantitative estimate of drug-likeness (QED) is 0.373. The van der Waals surface area contributed by atoms with E-state index in [1.165, 1.54) is 0 Å². The molecule has 7 heteroatoms. The molecule has 0 aromatic heterocycles. The number of Topliss-reactive ketones (excluding diaryl/α,β-unsaturated/α-hetero) is 1. The summed E-state index contributed by atoms with van der Waals surface area (Å²) in [5.74, 6) is -4.33. The van der Waals surface area contributed by atoms with Gasteiger partial charge >= 0.3 is 0 Å².